The number of rotatable bonds is 4. The number of anilines is 4. The molecule has 0 atom stereocenters. The molecule has 0 saturated carbocycles. The first kappa shape index (κ1) is 17.4. The van der Waals surface area contributed by atoms with Crippen LogP contribution >= 0.6 is 15.9 Å². The van der Waals surface area contributed by atoms with E-state index in [0.717, 1.165) is 38.3 Å². The third-order valence-corrected chi connectivity index (χ3v) is 5.01. The van der Waals surface area contributed by atoms with Crippen molar-refractivity contribution in [2.45, 2.75) is 0 Å². The van der Waals surface area contributed by atoms with Crippen LogP contribution in [0, 0.1) is 0 Å². The molecule has 132 valence electrons. The number of hydrogen-bond acceptors (Lipinski definition) is 2. The fourth-order valence-corrected chi connectivity index (χ4v) is 3.43. The van der Waals surface area contributed by atoms with E-state index in [9.17, 15) is 0 Å². The van der Waals surface area contributed by atoms with Crippen molar-refractivity contribution in [2.24, 2.45) is 0 Å². The summed E-state index contributed by atoms with van der Waals surface area (Å²) in [5.41, 5.74) is 12.5. The van der Waals surface area contributed by atoms with E-state index in [0.29, 0.717) is 0 Å². The van der Waals surface area contributed by atoms with Crippen LogP contribution in [-0.4, -0.2) is 0 Å². The zero-order chi connectivity index (χ0) is 18.6. The zero-order valence-corrected chi connectivity index (χ0v) is 16.3. The molecule has 0 fully saturated rings. The van der Waals surface area contributed by atoms with Gasteiger partial charge in [0.25, 0.3) is 0 Å². The summed E-state index contributed by atoms with van der Waals surface area (Å²) < 4.78 is 1.05. The van der Waals surface area contributed by atoms with Gasteiger partial charge in [0, 0.05) is 32.8 Å². The lowest BCUT2D eigenvalue weighted by Crippen LogP contribution is -2.10. The first-order chi connectivity index (χ1) is 13.2. The lowest BCUT2D eigenvalue weighted by atomic mass is 10.0. The molecule has 0 radical (unpaired) electrons. The maximum absolute atomic E-state index is 6.31. The van der Waals surface area contributed by atoms with Crippen LogP contribution in [0.1, 0.15) is 0 Å². The van der Waals surface area contributed by atoms with Crippen LogP contribution in [0.5, 0.6) is 0 Å². The summed E-state index contributed by atoms with van der Waals surface area (Å²) in [4.78, 5) is 2.24. The zero-order valence-electron chi connectivity index (χ0n) is 14.7. The molecule has 0 saturated heterocycles. The van der Waals surface area contributed by atoms with Gasteiger partial charge in [-0.25, -0.2) is 0 Å². The Labute approximate surface area is 168 Å². The molecule has 0 bridgehead atoms. The number of benzene rings is 4. The fraction of sp³-hybridized carbons (Fsp3) is 0. The Kier molecular flexibility index (Phi) is 4.95. The topological polar surface area (TPSA) is 29.3 Å². The second kappa shape index (κ2) is 7.68. The van der Waals surface area contributed by atoms with Crippen molar-refractivity contribution in [3.63, 3.8) is 0 Å². The predicted octanol–water partition coefficient (Wildman–Crippen LogP) is 7.17. The molecule has 0 spiro atoms. The molecule has 4 aromatic rings. The molecule has 4 aromatic carbocycles. The van der Waals surface area contributed by atoms with Gasteiger partial charge in [-0.2, -0.15) is 0 Å². The molecular weight excluding hydrogens is 396 g/mol. The molecule has 3 heteroatoms. The van der Waals surface area contributed by atoms with E-state index >= 15 is 0 Å². The number of hydrogen-bond donors (Lipinski definition) is 1. The van der Waals surface area contributed by atoms with Crippen LogP contribution in [-0.2, 0) is 0 Å². The van der Waals surface area contributed by atoms with Gasteiger partial charge in [-0.05, 0) is 60.2 Å². The molecule has 4 rings (SSSR count). The number of halogens is 1. The van der Waals surface area contributed by atoms with Crippen molar-refractivity contribution in [3.8, 4) is 11.1 Å². The Hall–Kier alpha value is -3.04. The third-order valence-electron chi connectivity index (χ3n) is 4.48. The van der Waals surface area contributed by atoms with Crippen molar-refractivity contribution in [2.75, 3.05) is 10.6 Å². The SMILES string of the molecule is Nc1ccc(N(c2ccccc2)c2ccccc2)cc1-c1ccc(Br)cc1. The van der Waals surface area contributed by atoms with Crippen LogP contribution in [0.4, 0.5) is 22.7 Å². The largest absolute Gasteiger partial charge is 0.398 e. The second-order valence-electron chi connectivity index (χ2n) is 6.28. The van der Waals surface area contributed by atoms with Gasteiger partial charge in [0.15, 0.2) is 0 Å². The molecule has 0 heterocycles. The van der Waals surface area contributed by atoms with Crippen molar-refractivity contribution in [1.82, 2.24) is 0 Å². The second-order valence-corrected chi connectivity index (χ2v) is 7.20. The highest BCUT2D eigenvalue weighted by Crippen LogP contribution is 2.38. The van der Waals surface area contributed by atoms with Crippen molar-refractivity contribution in [1.29, 1.82) is 0 Å². The molecule has 27 heavy (non-hydrogen) atoms. The van der Waals surface area contributed by atoms with E-state index in [1.54, 1.807) is 0 Å². The van der Waals surface area contributed by atoms with Crippen molar-refractivity contribution in [3.05, 3.63) is 108 Å². The Morgan fingerprint density at radius 1 is 0.593 bits per heavy atom. The highest BCUT2D eigenvalue weighted by Gasteiger charge is 2.14. The molecule has 0 aromatic heterocycles. The standard InChI is InChI=1S/C24H19BrN2/c25-19-13-11-18(12-14-19)23-17-22(15-16-24(23)26)27(20-7-3-1-4-8-20)21-9-5-2-6-10-21/h1-17H,26H2. The molecule has 2 N–H and O–H groups in total. The maximum atomic E-state index is 6.31. The molecule has 0 aliphatic rings. The minimum Gasteiger partial charge on any atom is -0.398 e. The molecule has 0 amide bonds. The Bertz CT molecular complexity index is 989. The highest BCUT2D eigenvalue weighted by molar-refractivity contribution is 9.10. The van der Waals surface area contributed by atoms with Crippen LogP contribution in [0.3, 0.4) is 0 Å². The van der Waals surface area contributed by atoms with Gasteiger partial charge in [0.1, 0.15) is 0 Å². The van der Waals surface area contributed by atoms with Gasteiger partial charge in [0.2, 0.25) is 0 Å². The Morgan fingerprint density at radius 2 is 1.15 bits per heavy atom. The average molecular weight is 415 g/mol. The highest BCUT2D eigenvalue weighted by atomic mass is 79.9. The first-order valence-electron chi connectivity index (χ1n) is 8.78. The van der Waals surface area contributed by atoms with E-state index < -0.39 is 0 Å². The van der Waals surface area contributed by atoms with E-state index in [4.69, 9.17) is 5.73 Å². The Balaban J connectivity index is 1.86. The quantitative estimate of drug-likeness (QED) is 0.358. The minimum absolute atomic E-state index is 0.766. The summed E-state index contributed by atoms with van der Waals surface area (Å²) in [5, 5.41) is 0. The summed E-state index contributed by atoms with van der Waals surface area (Å²) in [6.45, 7) is 0. The summed E-state index contributed by atoms with van der Waals surface area (Å²) in [6, 6.07) is 35.2. The van der Waals surface area contributed by atoms with Gasteiger partial charge in [-0.3, -0.25) is 0 Å². The first-order valence-corrected chi connectivity index (χ1v) is 9.57. The minimum atomic E-state index is 0.766. The van der Waals surface area contributed by atoms with Crippen molar-refractivity contribution < 1.29 is 0 Å². The fourth-order valence-electron chi connectivity index (χ4n) is 3.16. The summed E-state index contributed by atoms with van der Waals surface area (Å²) in [5.74, 6) is 0. The summed E-state index contributed by atoms with van der Waals surface area (Å²) >= 11 is 3.50. The van der Waals surface area contributed by atoms with Gasteiger partial charge in [-0.15, -0.1) is 0 Å². The normalized spacial score (nSPS) is 10.6. The molecule has 0 aliphatic carbocycles. The maximum Gasteiger partial charge on any atom is 0.0469 e. The van der Waals surface area contributed by atoms with Gasteiger partial charge in [0.05, 0.1) is 0 Å². The average Bonchev–Trinajstić information content (AvgIpc) is 2.72. The number of nitrogens with two attached hydrogens (primary N) is 1. The lowest BCUT2D eigenvalue weighted by molar-refractivity contribution is 1.28. The van der Waals surface area contributed by atoms with Gasteiger partial charge < -0.3 is 10.6 Å². The molecule has 0 aliphatic heterocycles. The van der Waals surface area contributed by atoms with E-state index in [2.05, 4.69) is 93.6 Å². The van der Waals surface area contributed by atoms with Gasteiger partial charge >= 0.3 is 0 Å². The van der Waals surface area contributed by atoms with Crippen LogP contribution in [0.25, 0.3) is 11.1 Å². The van der Waals surface area contributed by atoms with E-state index in [-0.39, 0.29) is 0 Å². The monoisotopic (exact) mass is 414 g/mol. The van der Waals surface area contributed by atoms with E-state index in [1.807, 2.05) is 30.3 Å². The van der Waals surface area contributed by atoms with E-state index in [1.165, 1.54) is 0 Å². The van der Waals surface area contributed by atoms with Crippen LogP contribution in [0.15, 0.2) is 108 Å². The Morgan fingerprint density at radius 3 is 1.70 bits per heavy atom. The van der Waals surface area contributed by atoms with Crippen LogP contribution in [0.2, 0.25) is 0 Å². The number of para-hydroxylation sites is 2. The van der Waals surface area contributed by atoms with Crippen molar-refractivity contribution >= 4 is 38.7 Å². The molecule has 2 nitrogen and oxygen atoms in total. The summed E-state index contributed by atoms with van der Waals surface area (Å²) in [6.07, 6.45) is 0. The molecular formula is C24H19BrN2. The number of nitrogen functional groups attached to an aromatic ring is 1. The third kappa shape index (κ3) is 3.74. The smallest absolute Gasteiger partial charge is 0.0469 e. The molecule has 0 unspecified atom stereocenters. The van der Waals surface area contributed by atoms with Crippen LogP contribution < -0.4 is 10.6 Å². The lowest BCUT2D eigenvalue weighted by Gasteiger charge is -2.26. The van der Waals surface area contributed by atoms with Gasteiger partial charge in [-0.1, -0.05) is 64.5 Å². The predicted molar refractivity (Wildman–Crippen MR) is 119 cm³/mol. The summed E-state index contributed by atoms with van der Waals surface area (Å²) in [7, 11) is 0. The number of nitrogens with zero attached hydrogens (tertiary/aromatic N) is 1.